The average Bonchev–Trinajstić information content (AvgIpc) is 3.18. The second-order valence-corrected chi connectivity index (χ2v) is 7.96. The minimum absolute atomic E-state index is 0.143. The molecule has 8 nitrogen and oxygen atoms in total. The summed E-state index contributed by atoms with van der Waals surface area (Å²) in [6.07, 6.45) is 1.74. The molecule has 0 amide bonds. The van der Waals surface area contributed by atoms with Crippen molar-refractivity contribution in [2.75, 3.05) is 5.32 Å². The van der Waals surface area contributed by atoms with Crippen molar-refractivity contribution >= 4 is 22.5 Å². The lowest BCUT2D eigenvalue weighted by atomic mass is 9.93. The van der Waals surface area contributed by atoms with Gasteiger partial charge in [0.15, 0.2) is 5.82 Å². The van der Waals surface area contributed by atoms with E-state index in [9.17, 15) is 4.79 Å². The fourth-order valence-electron chi connectivity index (χ4n) is 2.99. The summed E-state index contributed by atoms with van der Waals surface area (Å²) in [5, 5.41) is 9.96. The van der Waals surface area contributed by atoms with Crippen LogP contribution >= 0.6 is 0 Å². The van der Waals surface area contributed by atoms with Gasteiger partial charge in [-0.2, -0.15) is 0 Å². The monoisotopic (exact) mass is 365 g/mol. The number of anilines is 1. The van der Waals surface area contributed by atoms with Gasteiger partial charge in [0, 0.05) is 11.6 Å². The number of hydrogen-bond acceptors (Lipinski definition) is 5. The largest absolute Gasteiger partial charge is 0.357 e. The predicted octanol–water partition coefficient (Wildman–Crippen LogP) is 3.07. The normalized spacial score (nSPS) is 13.4. The fraction of sp³-hybridized carbons (Fsp3) is 0.368. The fourth-order valence-corrected chi connectivity index (χ4v) is 2.99. The summed E-state index contributed by atoms with van der Waals surface area (Å²) >= 11 is 0. The molecule has 0 aliphatic heterocycles. The van der Waals surface area contributed by atoms with Crippen molar-refractivity contribution in [1.29, 1.82) is 0 Å². The first kappa shape index (κ1) is 17.3. The van der Waals surface area contributed by atoms with E-state index in [4.69, 9.17) is 4.98 Å². The van der Waals surface area contributed by atoms with Gasteiger partial charge in [-0.15, -0.1) is 5.10 Å². The second kappa shape index (κ2) is 5.94. The summed E-state index contributed by atoms with van der Waals surface area (Å²) in [4.78, 5) is 24.8. The van der Waals surface area contributed by atoms with E-state index in [0.29, 0.717) is 11.5 Å². The minimum Gasteiger partial charge on any atom is -0.357 e. The van der Waals surface area contributed by atoms with Crippen molar-refractivity contribution in [3.05, 3.63) is 52.0 Å². The summed E-state index contributed by atoms with van der Waals surface area (Å²) in [5.74, 6) is 1.35. The number of nitrogens with zero attached hydrogens (tertiary/aromatic N) is 4. The Balaban J connectivity index is 1.76. The lowest BCUT2D eigenvalue weighted by Gasteiger charge is -2.20. The van der Waals surface area contributed by atoms with E-state index in [-0.39, 0.29) is 17.1 Å². The first-order chi connectivity index (χ1) is 12.7. The van der Waals surface area contributed by atoms with E-state index >= 15 is 0 Å². The van der Waals surface area contributed by atoms with Crippen molar-refractivity contribution in [2.45, 2.75) is 46.1 Å². The van der Waals surface area contributed by atoms with Gasteiger partial charge in [0.2, 0.25) is 5.65 Å². The molecule has 0 spiro atoms. The number of imidazole rings is 1. The van der Waals surface area contributed by atoms with Crippen LogP contribution in [-0.2, 0) is 5.41 Å². The van der Waals surface area contributed by atoms with Crippen LogP contribution in [0.1, 0.15) is 50.8 Å². The van der Waals surface area contributed by atoms with Crippen LogP contribution < -0.4 is 11.0 Å². The van der Waals surface area contributed by atoms with Gasteiger partial charge in [-0.05, 0) is 31.5 Å². The molecule has 0 aliphatic carbocycles. The SMILES string of the molecule is Cc1ccc2nc(C(C)Nc3nc(C(C)(C)C)cn4c(=O)[nH]nc34)[nH]c2c1. The molecule has 3 heterocycles. The zero-order valence-corrected chi connectivity index (χ0v) is 16.1. The Labute approximate surface area is 156 Å². The standard InChI is InChI=1S/C19H23N7O/c1-10-6-7-12-13(8-10)22-15(21-12)11(2)20-16-17-24-25-18(27)26(17)9-14(23-16)19(3,4)5/h6-9,11H,1-5H3,(H,20,23)(H,21,22)(H,25,27). The Morgan fingerprint density at radius 1 is 1.22 bits per heavy atom. The van der Waals surface area contributed by atoms with Crippen molar-refractivity contribution in [3.63, 3.8) is 0 Å². The van der Waals surface area contributed by atoms with E-state index in [1.807, 2.05) is 19.1 Å². The molecule has 0 radical (unpaired) electrons. The van der Waals surface area contributed by atoms with Gasteiger partial charge in [0.05, 0.1) is 22.8 Å². The van der Waals surface area contributed by atoms with Crippen LogP contribution in [0.15, 0.2) is 29.2 Å². The summed E-state index contributed by atoms with van der Waals surface area (Å²) < 4.78 is 1.49. The van der Waals surface area contributed by atoms with Crippen LogP contribution in [0.4, 0.5) is 5.82 Å². The molecule has 0 bridgehead atoms. The van der Waals surface area contributed by atoms with Crippen LogP contribution in [0, 0.1) is 6.92 Å². The maximum absolute atomic E-state index is 12.1. The molecule has 1 aromatic carbocycles. The summed E-state index contributed by atoms with van der Waals surface area (Å²) in [6.45, 7) is 10.2. The second-order valence-electron chi connectivity index (χ2n) is 7.96. The highest BCUT2D eigenvalue weighted by molar-refractivity contribution is 5.76. The third-order valence-electron chi connectivity index (χ3n) is 4.59. The molecule has 0 saturated heterocycles. The first-order valence-electron chi connectivity index (χ1n) is 8.93. The number of aromatic amines is 2. The Bertz CT molecular complexity index is 1190. The van der Waals surface area contributed by atoms with Crippen molar-refractivity contribution in [1.82, 2.24) is 29.5 Å². The maximum Gasteiger partial charge on any atom is 0.347 e. The number of rotatable bonds is 3. The van der Waals surface area contributed by atoms with Crippen LogP contribution in [-0.4, -0.2) is 29.5 Å². The maximum atomic E-state index is 12.1. The third kappa shape index (κ3) is 3.07. The molecule has 0 fully saturated rings. The summed E-state index contributed by atoms with van der Waals surface area (Å²) in [6, 6.07) is 5.97. The highest BCUT2D eigenvalue weighted by Crippen LogP contribution is 2.25. The molecule has 8 heteroatoms. The summed E-state index contributed by atoms with van der Waals surface area (Å²) in [5.41, 5.74) is 3.86. The Kier molecular flexibility index (Phi) is 3.80. The third-order valence-corrected chi connectivity index (χ3v) is 4.59. The topological polar surface area (TPSA) is 104 Å². The lowest BCUT2D eigenvalue weighted by Crippen LogP contribution is -2.20. The van der Waals surface area contributed by atoms with Gasteiger partial charge >= 0.3 is 5.69 Å². The van der Waals surface area contributed by atoms with Crippen molar-refractivity contribution in [3.8, 4) is 0 Å². The van der Waals surface area contributed by atoms with Gasteiger partial charge in [-0.3, -0.25) is 0 Å². The summed E-state index contributed by atoms with van der Waals surface area (Å²) in [7, 11) is 0. The molecule has 0 aliphatic rings. The first-order valence-corrected chi connectivity index (χ1v) is 8.93. The molecule has 4 aromatic rings. The van der Waals surface area contributed by atoms with Crippen LogP contribution in [0.25, 0.3) is 16.7 Å². The van der Waals surface area contributed by atoms with Gasteiger partial charge in [0.25, 0.3) is 0 Å². The number of nitrogens with one attached hydrogen (secondary N) is 3. The average molecular weight is 365 g/mol. The van der Waals surface area contributed by atoms with Crippen LogP contribution in [0.5, 0.6) is 0 Å². The highest BCUT2D eigenvalue weighted by atomic mass is 16.1. The van der Waals surface area contributed by atoms with Crippen molar-refractivity contribution in [2.24, 2.45) is 0 Å². The van der Waals surface area contributed by atoms with Crippen molar-refractivity contribution < 1.29 is 0 Å². The number of hydrogen-bond donors (Lipinski definition) is 3. The zero-order valence-electron chi connectivity index (χ0n) is 16.1. The molecule has 4 rings (SSSR count). The minimum atomic E-state index is -0.284. The quantitative estimate of drug-likeness (QED) is 0.518. The number of benzene rings is 1. The number of H-pyrrole nitrogens is 2. The molecule has 3 aromatic heterocycles. The van der Waals surface area contributed by atoms with Gasteiger partial charge in [-0.25, -0.2) is 24.3 Å². The molecular weight excluding hydrogens is 342 g/mol. The molecule has 1 atom stereocenters. The molecule has 1 unspecified atom stereocenters. The molecule has 27 heavy (non-hydrogen) atoms. The van der Waals surface area contributed by atoms with Crippen LogP contribution in [0.3, 0.4) is 0 Å². The number of aromatic nitrogens is 6. The van der Waals surface area contributed by atoms with Crippen LogP contribution in [0.2, 0.25) is 0 Å². The Morgan fingerprint density at radius 3 is 2.74 bits per heavy atom. The molecule has 3 N–H and O–H groups in total. The zero-order chi connectivity index (χ0) is 19.3. The van der Waals surface area contributed by atoms with E-state index in [1.165, 1.54) is 9.96 Å². The Morgan fingerprint density at radius 2 is 2.00 bits per heavy atom. The van der Waals surface area contributed by atoms with E-state index in [2.05, 4.69) is 59.2 Å². The van der Waals surface area contributed by atoms with E-state index in [0.717, 1.165) is 22.6 Å². The molecule has 140 valence electrons. The molecule has 0 saturated carbocycles. The van der Waals surface area contributed by atoms with Gasteiger partial charge in [-0.1, -0.05) is 26.8 Å². The van der Waals surface area contributed by atoms with E-state index < -0.39 is 0 Å². The van der Waals surface area contributed by atoms with E-state index in [1.54, 1.807) is 6.20 Å². The molecular formula is C19H23N7O. The highest BCUT2D eigenvalue weighted by Gasteiger charge is 2.21. The Hall–Kier alpha value is -3.16. The predicted molar refractivity (Wildman–Crippen MR) is 105 cm³/mol. The van der Waals surface area contributed by atoms with Gasteiger partial charge < -0.3 is 10.3 Å². The number of aryl methyl sites for hydroxylation is 1. The smallest absolute Gasteiger partial charge is 0.347 e. The number of fused-ring (bicyclic) bond motifs is 2. The lowest BCUT2D eigenvalue weighted by molar-refractivity contribution is 0.564. The van der Waals surface area contributed by atoms with Gasteiger partial charge in [0.1, 0.15) is 5.82 Å².